The molecular weight excluding hydrogens is 522 g/mol. The maximum absolute atomic E-state index is 14.1. The van der Waals surface area contributed by atoms with Gasteiger partial charge in [-0.2, -0.15) is 0 Å². The molecule has 2 aromatic rings. The first-order valence-corrected chi connectivity index (χ1v) is 11.4. The van der Waals surface area contributed by atoms with Crippen molar-refractivity contribution in [2.75, 3.05) is 44.2 Å². The molecule has 2 fully saturated rings. The van der Waals surface area contributed by atoms with Gasteiger partial charge in [0.15, 0.2) is 17.6 Å². The number of likely N-dealkylation sites (N-methyl/N-ethyl adjacent to an activating group) is 1. The van der Waals surface area contributed by atoms with Crippen LogP contribution in [0.2, 0.25) is 0 Å². The van der Waals surface area contributed by atoms with Gasteiger partial charge < -0.3 is 20.0 Å². The summed E-state index contributed by atoms with van der Waals surface area (Å²) in [6.45, 7) is 7.46. The first-order valence-electron chi connectivity index (χ1n) is 11.4. The van der Waals surface area contributed by atoms with Crippen molar-refractivity contribution in [2.45, 2.75) is 44.7 Å². The van der Waals surface area contributed by atoms with Gasteiger partial charge in [-0.15, -0.1) is 24.0 Å². The summed E-state index contributed by atoms with van der Waals surface area (Å²) >= 11 is 0. The third-order valence-electron chi connectivity index (χ3n) is 6.18. The molecule has 2 aromatic heterocycles. The normalized spacial score (nSPS) is 21.6. The van der Waals surface area contributed by atoms with Crippen LogP contribution < -0.4 is 15.5 Å². The minimum absolute atomic E-state index is 0. The van der Waals surface area contributed by atoms with E-state index in [4.69, 9.17) is 9.41 Å². The molecule has 0 saturated carbocycles. The van der Waals surface area contributed by atoms with Gasteiger partial charge in [0.25, 0.3) is 0 Å². The maximum Gasteiger partial charge on any atom is 0.191 e. The maximum atomic E-state index is 14.1. The van der Waals surface area contributed by atoms with Crippen molar-refractivity contribution in [3.05, 3.63) is 48.3 Å². The number of aromatic nitrogens is 1. The second-order valence-electron chi connectivity index (χ2n) is 8.25. The number of guanidine groups is 1. The number of aliphatic imine (C=N–C) groups is 1. The molecule has 0 aromatic carbocycles. The van der Waals surface area contributed by atoms with Crippen molar-refractivity contribution in [3.8, 4) is 0 Å². The quantitative estimate of drug-likeness (QED) is 0.296. The van der Waals surface area contributed by atoms with Crippen LogP contribution in [0.5, 0.6) is 0 Å². The van der Waals surface area contributed by atoms with E-state index in [1.165, 1.54) is 25.5 Å². The van der Waals surface area contributed by atoms with Gasteiger partial charge in [-0.05, 0) is 56.6 Å². The highest BCUT2D eigenvalue weighted by Crippen LogP contribution is 2.21. The van der Waals surface area contributed by atoms with Gasteiger partial charge >= 0.3 is 0 Å². The standard InChI is InChI=1S/C23H33FN6O.HI/c1-2-29-13-4-6-19(29)16-27-23(26-12-9-20-7-5-15-31-20)28-18-10-14-30(17-18)22-21(24)8-3-11-25-22;/h3,5,7-8,11,15,18-19H,2,4,6,9-10,12-14,16-17H2,1H3,(H2,26,27,28);1H. The van der Waals surface area contributed by atoms with E-state index in [2.05, 4.69) is 27.4 Å². The van der Waals surface area contributed by atoms with E-state index < -0.39 is 0 Å². The molecule has 0 bridgehead atoms. The Hall–Kier alpha value is -1.88. The van der Waals surface area contributed by atoms with Crippen LogP contribution in [0, 0.1) is 5.82 Å². The van der Waals surface area contributed by atoms with Crippen molar-refractivity contribution < 1.29 is 8.81 Å². The summed E-state index contributed by atoms with van der Waals surface area (Å²) in [6, 6.07) is 7.69. The molecule has 0 radical (unpaired) electrons. The number of nitrogens with zero attached hydrogens (tertiary/aromatic N) is 4. The number of anilines is 1. The number of rotatable bonds is 8. The van der Waals surface area contributed by atoms with Gasteiger partial charge in [0.2, 0.25) is 0 Å². The summed E-state index contributed by atoms with van der Waals surface area (Å²) in [6.07, 6.45) is 7.51. The molecule has 9 heteroatoms. The predicted octanol–water partition coefficient (Wildman–Crippen LogP) is 3.27. The third-order valence-corrected chi connectivity index (χ3v) is 6.18. The van der Waals surface area contributed by atoms with Crippen LogP contribution in [0.3, 0.4) is 0 Å². The molecule has 4 rings (SSSR count). The summed E-state index contributed by atoms with van der Waals surface area (Å²) in [5.41, 5.74) is 0. The molecule has 7 nitrogen and oxygen atoms in total. The van der Waals surface area contributed by atoms with E-state index >= 15 is 0 Å². The Balaban J connectivity index is 0.00000289. The minimum Gasteiger partial charge on any atom is -0.469 e. The van der Waals surface area contributed by atoms with Crippen molar-refractivity contribution in [3.63, 3.8) is 0 Å². The SMILES string of the molecule is CCN1CCCC1CN=C(NCCc1ccco1)NC1CCN(c2ncccc2F)C1.I. The predicted molar refractivity (Wildman–Crippen MR) is 136 cm³/mol. The van der Waals surface area contributed by atoms with E-state index in [0.717, 1.165) is 50.7 Å². The van der Waals surface area contributed by atoms with Crippen molar-refractivity contribution in [1.82, 2.24) is 20.5 Å². The summed E-state index contributed by atoms with van der Waals surface area (Å²) in [5.74, 6) is 1.94. The number of hydrogen-bond acceptors (Lipinski definition) is 5. The molecule has 0 amide bonds. The number of hydrogen-bond donors (Lipinski definition) is 2. The molecule has 2 saturated heterocycles. The zero-order valence-electron chi connectivity index (χ0n) is 18.7. The Morgan fingerprint density at radius 1 is 1.28 bits per heavy atom. The number of halogens is 2. The molecular formula is C23H34FIN6O. The second-order valence-corrected chi connectivity index (χ2v) is 8.25. The van der Waals surface area contributed by atoms with Crippen molar-refractivity contribution >= 4 is 35.8 Å². The largest absolute Gasteiger partial charge is 0.469 e. The monoisotopic (exact) mass is 556 g/mol. The highest BCUT2D eigenvalue weighted by Gasteiger charge is 2.27. The first kappa shape index (κ1) is 24.8. The molecule has 2 unspecified atom stereocenters. The Morgan fingerprint density at radius 3 is 2.97 bits per heavy atom. The van der Waals surface area contributed by atoms with Crippen molar-refractivity contribution in [1.29, 1.82) is 0 Å². The van der Waals surface area contributed by atoms with Gasteiger partial charge in [0.1, 0.15) is 5.76 Å². The molecule has 2 aliphatic rings. The average Bonchev–Trinajstić information content (AvgIpc) is 3.54. The molecule has 2 aliphatic heterocycles. The Morgan fingerprint density at radius 2 is 2.19 bits per heavy atom. The zero-order valence-corrected chi connectivity index (χ0v) is 21.0. The highest BCUT2D eigenvalue weighted by atomic mass is 127. The Labute approximate surface area is 206 Å². The fraction of sp³-hybridized carbons (Fsp3) is 0.565. The number of pyridine rings is 1. The molecule has 2 N–H and O–H groups in total. The van der Waals surface area contributed by atoms with Crippen LogP contribution in [-0.4, -0.2) is 67.2 Å². The molecule has 0 aliphatic carbocycles. The fourth-order valence-electron chi connectivity index (χ4n) is 4.50. The van der Waals surface area contributed by atoms with E-state index in [1.54, 1.807) is 18.5 Å². The lowest BCUT2D eigenvalue weighted by molar-refractivity contribution is 0.273. The van der Waals surface area contributed by atoms with Crippen LogP contribution in [0.15, 0.2) is 46.1 Å². The average molecular weight is 556 g/mol. The van der Waals surface area contributed by atoms with E-state index in [-0.39, 0.29) is 35.8 Å². The summed E-state index contributed by atoms with van der Waals surface area (Å²) in [5, 5.41) is 7.03. The van der Waals surface area contributed by atoms with Crippen LogP contribution in [0.1, 0.15) is 31.9 Å². The number of likely N-dealkylation sites (tertiary alicyclic amines) is 1. The fourth-order valence-corrected chi connectivity index (χ4v) is 4.50. The van der Waals surface area contributed by atoms with Crippen LogP contribution in [0.4, 0.5) is 10.2 Å². The molecule has 2 atom stereocenters. The lowest BCUT2D eigenvalue weighted by Gasteiger charge is -2.23. The third kappa shape index (κ3) is 6.57. The molecule has 176 valence electrons. The highest BCUT2D eigenvalue weighted by molar-refractivity contribution is 14.0. The Bertz CT molecular complexity index is 849. The van der Waals surface area contributed by atoms with E-state index in [9.17, 15) is 4.39 Å². The minimum atomic E-state index is -0.269. The van der Waals surface area contributed by atoms with Crippen molar-refractivity contribution in [2.24, 2.45) is 4.99 Å². The van der Waals surface area contributed by atoms with Gasteiger partial charge in [0, 0.05) is 44.3 Å². The Kier molecular flexibility index (Phi) is 9.58. The van der Waals surface area contributed by atoms with Gasteiger partial charge in [-0.1, -0.05) is 6.92 Å². The van der Waals surface area contributed by atoms with Gasteiger partial charge in [-0.3, -0.25) is 9.89 Å². The molecule has 32 heavy (non-hydrogen) atoms. The number of furan rings is 1. The summed E-state index contributed by atoms with van der Waals surface area (Å²) in [4.78, 5) is 13.6. The van der Waals surface area contributed by atoms with Gasteiger partial charge in [0.05, 0.1) is 12.8 Å². The topological polar surface area (TPSA) is 68.9 Å². The first-order chi connectivity index (χ1) is 15.2. The number of nitrogens with one attached hydrogen (secondary N) is 2. The van der Waals surface area contributed by atoms with Crippen LogP contribution in [0.25, 0.3) is 0 Å². The molecule has 0 spiro atoms. The smallest absolute Gasteiger partial charge is 0.191 e. The van der Waals surface area contributed by atoms with Gasteiger partial charge in [-0.25, -0.2) is 9.37 Å². The lowest BCUT2D eigenvalue weighted by atomic mass is 10.2. The summed E-state index contributed by atoms with van der Waals surface area (Å²) in [7, 11) is 0. The van der Waals surface area contributed by atoms with Crippen LogP contribution >= 0.6 is 24.0 Å². The van der Waals surface area contributed by atoms with E-state index in [0.29, 0.717) is 18.4 Å². The second kappa shape index (κ2) is 12.4. The van der Waals surface area contributed by atoms with E-state index in [1.807, 2.05) is 17.0 Å². The lowest BCUT2D eigenvalue weighted by Crippen LogP contribution is -2.46. The zero-order chi connectivity index (χ0) is 21.5. The van der Waals surface area contributed by atoms with Crippen LogP contribution in [-0.2, 0) is 6.42 Å². The summed E-state index contributed by atoms with van der Waals surface area (Å²) < 4.78 is 19.6. The molecule has 4 heterocycles.